The van der Waals surface area contributed by atoms with E-state index in [0.29, 0.717) is 33.6 Å². The third kappa shape index (κ3) is 8.00. The van der Waals surface area contributed by atoms with Crippen molar-refractivity contribution >= 4 is 34.8 Å². The van der Waals surface area contributed by atoms with Gasteiger partial charge >= 0.3 is 0 Å². The van der Waals surface area contributed by atoms with Crippen LogP contribution < -0.4 is 9.80 Å². The molecule has 6 nitrogen and oxygen atoms in total. The zero-order chi connectivity index (χ0) is 39.0. The van der Waals surface area contributed by atoms with Gasteiger partial charge in [-0.05, 0) is 73.5 Å². The van der Waals surface area contributed by atoms with Crippen LogP contribution in [-0.2, 0) is 0 Å². The molecule has 7 aromatic carbocycles. The van der Waals surface area contributed by atoms with Crippen LogP contribution in [0.2, 0.25) is 0 Å². The van der Waals surface area contributed by atoms with Gasteiger partial charge in [0.05, 0.1) is 0 Å². The molecule has 0 unspecified atom stereocenters. The average molecular weight is 733 g/mol. The molecule has 0 saturated carbocycles. The van der Waals surface area contributed by atoms with Crippen molar-refractivity contribution in [2.24, 2.45) is 0 Å². The lowest BCUT2D eigenvalue weighted by atomic mass is 9.93. The molecule has 0 fully saturated rings. The van der Waals surface area contributed by atoms with Gasteiger partial charge in [-0.3, -0.25) is 29.0 Å². The maximum Gasteiger partial charge on any atom is 0.259 e. The quantitative estimate of drug-likeness (QED) is 0.117. The Morgan fingerprint density at radius 2 is 0.625 bits per heavy atom. The first-order valence-corrected chi connectivity index (χ1v) is 18.5. The van der Waals surface area contributed by atoms with E-state index < -0.39 is 23.9 Å². The SMILES string of the molecule is Cc1ccc(N(C(=O)c2ccc(C(=O)N(c3ccc(C)cc3)[C@H](C(=O)c3ccccc3)c3ccccc3)cc2)[C@H](C(=O)c2ccccc2)c2ccccc2)cc1. The highest BCUT2D eigenvalue weighted by Crippen LogP contribution is 2.35. The number of rotatable bonds is 12. The van der Waals surface area contributed by atoms with Crippen LogP contribution in [0, 0.1) is 13.8 Å². The lowest BCUT2D eigenvalue weighted by Crippen LogP contribution is -2.40. The average Bonchev–Trinajstić information content (AvgIpc) is 3.26. The Kier molecular flexibility index (Phi) is 11.2. The zero-order valence-electron chi connectivity index (χ0n) is 31.2. The molecule has 0 spiro atoms. The molecule has 7 aromatic rings. The minimum absolute atomic E-state index is 0.235. The van der Waals surface area contributed by atoms with Crippen LogP contribution >= 0.6 is 0 Å². The van der Waals surface area contributed by atoms with E-state index in [1.54, 1.807) is 72.8 Å². The Hall–Kier alpha value is -7.18. The molecule has 7 rings (SSSR count). The van der Waals surface area contributed by atoms with Crippen molar-refractivity contribution in [3.8, 4) is 0 Å². The van der Waals surface area contributed by atoms with Gasteiger partial charge < -0.3 is 0 Å². The van der Waals surface area contributed by atoms with Gasteiger partial charge in [0.2, 0.25) is 0 Å². The normalized spacial score (nSPS) is 11.9. The van der Waals surface area contributed by atoms with Crippen molar-refractivity contribution in [1.29, 1.82) is 0 Å². The minimum atomic E-state index is -0.984. The second-order valence-corrected chi connectivity index (χ2v) is 13.7. The summed E-state index contributed by atoms with van der Waals surface area (Å²) in [4.78, 5) is 61.5. The van der Waals surface area contributed by atoms with Gasteiger partial charge in [-0.1, -0.05) is 157 Å². The molecule has 0 heterocycles. The van der Waals surface area contributed by atoms with Crippen LogP contribution in [0.25, 0.3) is 0 Å². The number of amides is 2. The number of aryl methyl sites for hydroxylation is 2. The van der Waals surface area contributed by atoms with E-state index in [1.807, 2.05) is 135 Å². The lowest BCUT2D eigenvalue weighted by Gasteiger charge is -2.32. The molecule has 2 amide bonds. The summed E-state index contributed by atoms with van der Waals surface area (Å²) >= 11 is 0. The van der Waals surface area contributed by atoms with Gasteiger partial charge in [-0.25, -0.2) is 0 Å². The number of benzene rings is 7. The summed E-state index contributed by atoms with van der Waals surface area (Å²) in [6.07, 6.45) is 0. The first-order chi connectivity index (χ1) is 27.3. The van der Waals surface area contributed by atoms with Crippen molar-refractivity contribution in [1.82, 2.24) is 0 Å². The predicted octanol–water partition coefficient (Wildman–Crippen LogP) is 10.8. The van der Waals surface area contributed by atoms with E-state index in [0.717, 1.165) is 11.1 Å². The highest BCUT2D eigenvalue weighted by Gasteiger charge is 2.36. The van der Waals surface area contributed by atoms with Crippen molar-refractivity contribution in [3.05, 3.63) is 239 Å². The molecule has 0 radical (unpaired) electrons. The molecule has 0 aliphatic rings. The maximum atomic E-state index is 14.8. The monoisotopic (exact) mass is 732 g/mol. The van der Waals surface area contributed by atoms with Crippen LogP contribution in [-0.4, -0.2) is 23.4 Å². The van der Waals surface area contributed by atoms with E-state index in [1.165, 1.54) is 9.80 Å². The lowest BCUT2D eigenvalue weighted by molar-refractivity contribution is 0.0894. The standard InChI is InChI=1S/C50H40N2O4/c1-35-23-31-43(32-24-35)51(45(37-15-7-3-8-16-37)47(53)39-19-11-5-12-20-39)49(55)41-27-29-42(30-28-41)50(56)52(44-33-25-36(2)26-34-44)46(38-17-9-4-10-18-38)48(54)40-21-13-6-14-22-40/h3-34,45-46H,1-2H3/t45-,46-/m0/s1. The maximum absolute atomic E-state index is 14.8. The summed E-state index contributed by atoms with van der Waals surface area (Å²) in [6, 6.07) is 55.9. The smallest absolute Gasteiger partial charge is 0.259 e. The number of anilines is 2. The Labute approximate surface area is 327 Å². The predicted molar refractivity (Wildman–Crippen MR) is 222 cm³/mol. The number of hydrogen-bond acceptors (Lipinski definition) is 4. The fraction of sp³-hybridized carbons (Fsp3) is 0.0800. The third-order valence-corrected chi connectivity index (χ3v) is 9.80. The van der Waals surface area contributed by atoms with Crippen LogP contribution in [0.5, 0.6) is 0 Å². The molecule has 56 heavy (non-hydrogen) atoms. The second-order valence-electron chi connectivity index (χ2n) is 13.7. The van der Waals surface area contributed by atoms with Gasteiger partial charge in [0.25, 0.3) is 11.8 Å². The Bertz CT molecular complexity index is 2260. The first-order valence-electron chi connectivity index (χ1n) is 18.5. The zero-order valence-corrected chi connectivity index (χ0v) is 31.2. The Morgan fingerprint density at radius 1 is 0.339 bits per heavy atom. The van der Waals surface area contributed by atoms with E-state index >= 15 is 0 Å². The fourth-order valence-electron chi connectivity index (χ4n) is 6.84. The number of hydrogen-bond donors (Lipinski definition) is 0. The summed E-state index contributed by atoms with van der Waals surface area (Å²) in [7, 11) is 0. The number of ketones is 2. The van der Waals surface area contributed by atoms with Crippen LogP contribution in [0.1, 0.15) is 75.8 Å². The van der Waals surface area contributed by atoms with Gasteiger partial charge in [0.15, 0.2) is 11.6 Å². The van der Waals surface area contributed by atoms with E-state index in [9.17, 15) is 19.2 Å². The molecule has 0 bridgehead atoms. The molecule has 0 aliphatic carbocycles. The summed E-state index contributed by atoms with van der Waals surface area (Å²) in [5.74, 6) is -1.30. The van der Waals surface area contributed by atoms with Crippen LogP contribution in [0.15, 0.2) is 194 Å². The number of Topliss-reactive ketones (excluding diaryl/α,β-unsaturated/α-hetero) is 2. The second kappa shape index (κ2) is 16.9. The number of carbonyl (C=O) groups is 4. The summed E-state index contributed by atoms with van der Waals surface area (Å²) in [5, 5.41) is 0. The topological polar surface area (TPSA) is 74.8 Å². The van der Waals surface area contributed by atoms with Gasteiger partial charge in [0, 0.05) is 33.6 Å². The molecule has 0 N–H and O–H groups in total. The minimum Gasteiger partial charge on any atom is -0.293 e. The Morgan fingerprint density at radius 3 is 0.929 bits per heavy atom. The van der Waals surface area contributed by atoms with Gasteiger partial charge in [-0.15, -0.1) is 0 Å². The van der Waals surface area contributed by atoms with E-state index in [4.69, 9.17) is 0 Å². The summed E-state index contributed by atoms with van der Waals surface area (Å²) in [5.41, 5.74) is 5.94. The number of carbonyl (C=O) groups excluding carboxylic acids is 4. The molecule has 0 aliphatic heterocycles. The molecular weight excluding hydrogens is 693 g/mol. The van der Waals surface area contributed by atoms with Gasteiger partial charge in [-0.2, -0.15) is 0 Å². The van der Waals surface area contributed by atoms with Crippen molar-refractivity contribution in [2.45, 2.75) is 25.9 Å². The van der Waals surface area contributed by atoms with Gasteiger partial charge in [0.1, 0.15) is 12.1 Å². The highest BCUT2D eigenvalue weighted by atomic mass is 16.2. The summed E-state index contributed by atoms with van der Waals surface area (Å²) in [6.45, 7) is 3.93. The summed E-state index contributed by atoms with van der Waals surface area (Å²) < 4.78 is 0. The largest absolute Gasteiger partial charge is 0.293 e. The van der Waals surface area contributed by atoms with Crippen molar-refractivity contribution in [2.75, 3.05) is 9.80 Å². The Balaban J connectivity index is 1.30. The van der Waals surface area contributed by atoms with Crippen molar-refractivity contribution < 1.29 is 19.2 Å². The third-order valence-electron chi connectivity index (χ3n) is 9.80. The molecule has 2 atom stereocenters. The van der Waals surface area contributed by atoms with Crippen LogP contribution in [0.4, 0.5) is 11.4 Å². The molecular formula is C50H40N2O4. The molecule has 0 saturated heterocycles. The highest BCUT2D eigenvalue weighted by molar-refractivity contribution is 6.15. The van der Waals surface area contributed by atoms with E-state index in [2.05, 4.69) is 0 Å². The molecule has 274 valence electrons. The molecule has 6 heteroatoms. The van der Waals surface area contributed by atoms with E-state index in [-0.39, 0.29) is 22.7 Å². The fourth-order valence-corrected chi connectivity index (χ4v) is 6.84. The molecule has 0 aromatic heterocycles. The van der Waals surface area contributed by atoms with Crippen LogP contribution in [0.3, 0.4) is 0 Å². The first kappa shape index (κ1) is 37.1. The van der Waals surface area contributed by atoms with Crippen molar-refractivity contribution in [3.63, 3.8) is 0 Å². The number of nitrogens with zero attached hydrogens (tertiary/aromatic N) is 2.